The minimum atomic E-state index is -1.36. The maximum absolute atomic E-state index is 12.2. The summed E-state index contributed by atoms with van der Waals surface area (Å²) >= 11 is 0. The van der Waals surface area contributed by atoms with Crippen molar-refractivity contribution < 1.29 is 13.7 Å². The lowest BCUT2D eigenvalue weighted by molar-refractivity contribution is -0.142. The molecule has 0 amide bonds. The Hall–Kier alpha value is -1.16. The van der Waals surface area contributed by atoms with Crippen LogP contribution < -0.4 is 0 Å². The molecule has 3 nitrogen and oxygen atoms in total. The Kier molecular flexibility index (Phi) is 5.54. The van der Waals surface area contributed by atoms with Gasteiger partial charge >= 0.3 is 5.97 Å². The van der Waals surface area contributed by atoms with E-state index in [4.69, 9.17) is 4.74 Å². The molecule has 100 valence electrons. The summed E-state index contributed by atoms with van der Waals surface area (Å²) in [4.78, 5) is 12.2. The summed E-state index contributed by atoms with van der Waals surface area (Å²) in [6.45, 7) is 7.89. The number of carbonyl (C=O) groups excluding carboxylic acids is 1. The Morgan fingerprint density at radius 1 is 1.22 bits per heavy atom. The number of rotatable bonds is 5. The second-order valence-corrected chi connectivity index (χ2v) is 6.19. The third kappa shape index (κ3) is 3.67. The summed E-state index contributed by atoms with van der Waals surface area (Å²) in [5.41, 5.74) is 1.19. The molecular formula is C14H20O3S. The van der Waals surface area contributed by atoms with Gasteiger partial charge in [0.25, 0.3) is 0 Å². The van der Waals surface area contributed by atoms with E-state index in [2.05, 4.69) is 13.8 Å². The second-order valence-electron chi connectivity index (χ2n) is 4.42. The van der Waals surface area contributed by atoms with E-state index in [1.54, 1.807) is 13.8 Å². The van der Waals surface area contributed by atoms with Gasteiger partial charge in [0, 0.05) is 4.90 Å². The van der Waals surface area contributed by atoms with Crippen LogP contribution >= 0.6 is 0 Å². The molecule has 0 saturated heterocycles. The minimum Gasteiger partial charge on any atom is -0.465 e. The molecule has 4 heteroatoms. The van der Waals surface area contributed by atoms with Crippen LogP contribution in [0.25, 0.3) is 0 Å². The van der Waals surface area contributed by atoms with E-state index in [1.807, 2.05) is 24.3 Å². The van der Waals surface area contributed by atoms with Crippen LogP contribution in [0.1, 0.15) is 39.2 Å². The van der Waals surface area contributed by atoms with Crippen molar-refractivity contribution in [1.82, 2.24) is 0 Å². The zero-order valence-electron chi connectivity index (χ0n) is 11.3. The van der Waals surface area contributed by atoms with Crippen LogP contribution in [0.15, 0.2) is 29.2 Å². The van der Waals surface area contributed by atoms with Crippen molar-refractivity contribution in [2.45, 2.75) is 43.8 Å². The molecule has 0 radical (unpaired) electrons. The van der Waals surface area contributed by atoms with Gasteiger partial charge in [0.15, 0.2) is 0 Å². The molecule has 0 bridgehead atoms. The summed E-state index contributed by atoms with van der Waals surface area (Å²) in [7, 11) is -1.36. The van der Waals surface area contributed by atoms with Gasteiger partial charge in [0.2, 0.25) is 0 Å². The zero-order chi connectivity index (χ0) is 13.7. The standard InChI is InChI=1S/C14H20O3S/c1-5-17-14(15)11(4)18(16)13-8-6-12(7-9-13)10(2)3/h6-11H,5H2,1-4H3. The quantitative estimate of drug-likeness (QED) is 0.771. The first-order valence-electron chi connectivity index (χ1n) is 6.14. The monoisotopic (exact) mass is 268 g/mol. The molecule has 18 heavy (non-hydrogen) atoms. The third-order valence-electron chi connectivity index (χ3n) is 2.72. The Balaban J connectivity index is 2.81. The van der Waals surface area contributed by atoms with Crippen molar-refractivity contribution in [1.29, 1.82) is 0 Å². The molecule has 0 aliphatic rings. The average Bonchev–Trinajstić information content (AvgIpc) is 2.37. The Morgan fingerprint density at radius 3 is 2.22 bits per heavy atom. The van der Waals surface area contributed by atoms with Gasteiger partial charge in [-0.2, -0.15) is 0 Å². The number of benzene rings is 1. The number of ether oxygens (including phenoxy) is 1. The molecular weight excluding hydrogens is 248 g/mol. The van der Waals surface area contributed by atoms with Crippen molar-refractivity contribution in [3.05, 3.63) is 29.8 Å². The molecule has 1 aromatic carbocycles. The lowest BCUT2D eigenvalue weighted by atomic mass is 10.0. The molecule has 0 aliphatic carbocycles. The molecule has 1 aromatic rings. The van der Waals surface area contributed by atoms with Crippen LogP contribution in [0.3, 0.4) is 0 Å². The number of esters is 1. The fourth-order valence-electron chi connectivity index (χ4n) is 1.54. The van der Waals surface area contributed by atoms with Gasteiger partial charge in [-0.1, -0.05) is 26.0 Å². The predicted octanol–water partition coefficient (Wildman–Crippen LogP) is 2.87. The van der Waals surface area contributed by atoms with Crippen molar-refractivity contribution in [3.8, 4) is 0 Å². The maximum Gasteiger partial charge on any atom is 0.321 e. The van der Waals surface area contributed by atoms with Crippen molar-refractivity contribution in [2.75, 3.05) is 6.61 Å². The van der Waals surface area contributed by atoms with E-state index in [0.29, 0.717) is 17.4 Å². The molecule has 2 unspecified atom stereocenters. The summed E-state index contributed by atoms with van der Waals surface area (Å²) in [6, 6.07) is 7.55. The molecule has 1 rings (SSSR count). The first-order chi connectivity index (χ1) is 8.47. The molecule has 0 aliphatic heterocycles. The summed E-state index contributed by atoms with van der Waals surface area (Å²) < 4.78 is 17.0. The van der Waals surface area contributed by atoms with Crippen LogP contribution in [0.5, 0.6) is 0 Å². The van der Waals surface area contributed by atoms with Gasteiger partial charge in [-0.3, -0.25) is 9.00 Å². The van der Waals surface area contributed by atoms with Crippen LogP contribution in [0.2, 0.25) is 0 Å². The topological polar surface area (TPSA) is 43.4 Å². The highest BCUT2D eigenvalue weighted by molar-refractivity contribution is 7.86. The molecule has 0 saturated carbocycles. The highest BCUT2D eigenvalue weighted by Gasteiger charge is 2.22. The van der Waals surface area contributed by atoms with E-state index >= 15 is 0 Å². The van der Waals surface area contributed by atoms with Gasteiger partial charge in [-0.05, 0) is 37.5 Å². The van der Waals surface area contributed by atoms with Crippen LogP contribution in [-0.4, -0.2) is 22.0 Å². The Labute approximate surface area is 111 Å². The second kappa shape index (κ2) is 6.69. The van der Waals surface area contributed by atoms with E-state index in [9.17, 15) is 9.00 Å². The Morgan fingerprint density at radius 2 is 1.78 bits per heavy atom. The van der Waals surface area contributed by atoms with E-state index in [1.165, 1.54) is 5.56 Å². The van der Waals surface area contributed by atoms with Gasteiger partial charge < -0.3 is 4.74 Å². The van der Waals surface area contributed by atoms with Crippen molar-refractivity contribution >= 4 is 16.8 Å². The van der Waals surface area contributed by atoms with Crippen LogP contribution in [0, 0.1) is 0 Å². The van der Waals surface area contributed by atoms with Gasteiger partial charge in [-0.25, -0.2) is 0 Å². The fourth-order valence-corrected chi connectivity index (χ4v) is 2.59. The third-order valence-corrected chi connectivity index (χ3v) is 4.29. The normalized spacial score (nSPS) is 14.3. The summed E-state index contributed by atoms with van der Waals surface area (Å²) in [6.07, 6.45) is 0. The first kappa shape index (κ1) is 14.9. The Bertz CT molecular complexity index is 423. The smallest absolute Gasteiger partial charge is 0.321 e. The summed E-state index contributed by atoms with van der Waals surface area (Å²) in [5.74, 6) is 0.0266. The molecule has 0 fully saturated rings. The van der Waals surface area contributed by atoms with Gasteiger partial charge in [0.1, 0.15) is 5.25 Å². The first-order valence-corrected chi connectivity index (χ1v) is 7.35. The van der Waals surface area contributed by atoms with Crippen molar-refractivity contribution in [2.24, 2.45) is 0 Å². The van der Waals surface area contributed by atoms with Crippen molar-refractivity contribution in [3.63, 3.8) is 0 Å². The van der Waals surface area contributed by atoms with Crippen LogP contribution in [0.4, 0.5) is 0 Å². The average molecular weight is 268 g/mol. The molecule has 2 atom stereocenters. The van der Waals surface area contributed by atoms with Gasteiger partial charge in [0.05, 0.1) is 17.4 Å². The van der Waals surface area contributed by atoms with E-state index < -0.39 is 22.0 Å². The minimum absolute atomic E-state index is 0.312. The van der Waals surface area contributed by atoms with E-state index in [0.717, 1.165) is 0 Å². The lowest BCUT2D eigenvalue weighted by Crippen LogP contribution is -2.25. The highest BCUT2D eigenvalue weighted by Crippen LogP contribution is 2.18. The largest absolute Gasteiger partial charge is 0.465 e. The van der Waals surface area contributed by atoms with Gasteiger partial charge in [-0.15, -0.1) is 0 Å². The fraction of sp³-hybridized carbons (Fsp3) is 0.500. The zero-order valence-corrected chi connectivity index (χ0v) is 12.1. The maximum atomic E-state index is 12.2. The number of carbonyl (C=O) groups is 1. The number of hydrogen-bond donors (Lipinski definition) is 0. The van der Waals surface area contributed by atoms with Crippen LogP contribution in [-0.2, 0) is 20.3 Å². The van der Waals surface area contributed by atoms with E-state index in [-0.39, 0.29) is 0 Å². The SMILES string of the molecule is CCOC(=O)C(C)S(=O)c1ccc(C(C)C)cc1. The summed E-state index contributed by atoms with van der Waals surface area (Å²) in [5, 5.41) is -0.630. The molecule has 0 heterocycles. The predicted molar refractivity (Wildman–Crippen MR) is 73.0 cm³/mol. The highest BCUT2D eigenvalue weighted by atomic mass is 32.2. The lowest BCUT2D eigenvalue weighted by Gasteiger charge is -2.11. The molecule has 0 N–H and O–H groups in total. The number of hydrogen-bond acceptors (Lipinski definition) is 3. The molecule has 0 aromatic heterocycles. The molecule has 0 spiro atoms.